The minimum absolute atomic E-state index is 0.295. The molecule has 0 saturated heterocycles. The minimum atomic E-state index is -3.33. The Morgan fingerprint density at radius 1 is 1.40 bits per heavy atom. The number of ketones is 1. The van der Waals surface area contributed by atoms with E-state index in [1.807, 2.05) is 0 Å². The van der Waals surface area contributed by atoms with Crippen LogP contribution in [0.4, 0.5) is 8.78 Å². The summed E-state index contributed by atoms with van der Waals surface area (Å²) in [6, 6.07) is 6.17. The Morgan fingerprint density at radius 3 is 2.60 bits per heavy atom. The largest absolute Gasteiger partial charge is 0.322 e. The summed E-state index contributed by atoms with van der Waals surface area (Å²) in [6.07, 6.45) is -0.962. The van der Waals surface area contributed by atoms with Gasteiger partial charge in [0.2, 0.25) is 0 Å². The molecule has 0 saturated carbocycles. The highest BCUT2D eigenvalue weighted by molar-refractivity contribution is 6.31. The van der Waals surface area contributed by atoms with Crippen LogP contribution in [-0.2, 0) is 0 Å². The fourth-order valence-electron chi connectivity index (χ4n) is 1.06. The molecule has 0 aliphatic carbocycles. The summed E-state index contributed by atoms with van der Waals surface area (Å²) in [7, 11) is 0. The lowest BCUT2D eigenvalue weighted by molar-refractivity contribution is 0.0735. The van der Waals surface area contributed by atoms with Crippen molar-refractivity contribution in [1.82, 2.24) is 0 Å². The van der Waals surface area contributed by atoms with E-state index in [9.17, 15) is 13.6 Å². The highest BCUT2D eigenvalue weighted by atomic mass is 35.5. The lowest BCUT2D eigenvalue weighted by atomic mass is 10.1. The van der Waals surface area contributed by atoms with E-state index in [2.05, 4.69) is 11.6 Å². The zero-order chi connectivity index (χ0) is 11.5. The summed E-state index contributed by atoms with van der Waals surface area (Å²) in [4.78, 5) is 11.4. The smallest absolute Gasteiger partial charge is 0.294 e. The maximum absolute atomic E-state index is 12.3. The Kier molecular flexibility index (Phi) is 4.05. The van der Waals surface area contributed by atoms with Crippen LogP contribution in [0.5, 0.6) is 0 Å². The monoisotopic (exact) mass is 252 g/mol. The van der Waals surface area contributed by atoms with Crippen molar-refractivity contribution < 1.29 is 13.6 Å². The Hall–Kier alpha value is -0.670. The SMILES string of the molecule is O=C(CCC(F)(F)Cl)c1cccc(Cl)c1. The first-order chi connectivity index (χ1) is 6.88. The number of carbonyl (C=O) groups is 1. The average Bonchev–Trinajstić information content (AvgIpc) is 2.13. The number of benzene rings is 1. The summed E-state index contributed by atoms with van der Waals surface area (Å²) in [5.41, 5.74) is 0.323. The molecule has 1 nitrogen and oxygen atoms in total. The topological polar surface area (TPSA) is 17.1 Å². The molecule has 1 aromatic rings. The third-order valence-corrected chi connectivity index (χ3v) is 2.21. The molecule has 0 aliphatic heterocycles. The van der Waals surface area contributed by atoms with Crippen molar-refractivity contribution in [2.24, 2.45) is 0 Å². The molecule has 82 valence electrons. The average molecular weight is 253 g/mol. The fourth-order valence-corrected chi connectivity index (χ4v) is 1.35. The van der Waals surface area contributed by atoms with E-state index in [4.69, 9.17) is 11.6 Å². The van der Waals surface area contributed by atoms with Crippen LogP contribution in [0.2, 0.25) is 5.02 Å². The van der Waals surface area contributed by atoms with Gasteiger partial charge in [0.15, 0.2) is 5.78 Å². The summed E-state index contributed by atoms with van der Waals surface area (Å²) in [6.45, 7) is 0. The number of Topliss-reactive ketones (excluding diaryl/α,β-unsaturated/α-hetero) is 1. The maximum atomic E-state index is 12.3. The highest BCUT2D eigenvalue weighted by Crippen LogP contribution is 2.26. The van der Waals surface area contributed by atoms with Crippen LogP contribution < -0.4 is 0 Å². The summed E-state index contributed by atoms with van der Waals surface area (Å²) >= 11 is 10.3. The maximum Gasteiger partial charge on any atom is 0.322 e. The minimum Gasteiger partial charge on any atom is -0.294 e. The summed E-state index contributed by atoms with van der Waals surface area (Å²) < 4.78 is 24.5. The van der Waals surface area contributed by atoms with E-state index in [0.717, 1.165) is 0 Å². The molecule has 5 heteroatoms. The van der Waals surface area contributed by atoms with Crippen molar-refractivity contribution in [1.29, 1.82) is 0 Å². The van der Waals surface area contributed by atoms with E-state index >= 15 is 0 Å². The highest BCUT2D eigenvalue weighted by Gasteiger charge is 2.25. The van der Waals surface area contributed by atoms with Gasteiger partial charge in [0.1, 0.15) is 0 Å². The number of alkyl halides is 3. The number of hydrogen-bond donors (Lipinski definition) is 0. The van der Waals surface area contributed by atoms with Crippen LogP contribution in [0.25, 0.3) is 0 Å². The van der Waals surface area contributed by atoms with Gasteiger partial charge in [-0.05, 0) is 23.7 Å². The first-order valence-corrected chi connectivity index (χ1v) is 4.99. The summed E-state index contributed by atoms with van der Waals surface area (Å²) in [5, 5.41) is -2.92. The molecule has 0 heterocycles. The molecule has 1 rings (SSSR count). The normalized spacial score (nSPS) is 11.5. The number of halogens is 4. The van der Waals surface area contributed by atoms with E-state index in [1.165, 1.54) is 12.1 Å². The lowest BCUT2D eigenvalue weighted by Gasteiger charge is -2.06. The second-order valence-corrected chi connectivity index (χ2v) is 4.04. The zero-order valence-corrected chi connectivity index (χ0v) is 9.16. The molecule has 0 atom stereocenters. The predicted octanol–water partition coefficient (Wildman–Crippen LogP) is 4.13. The fraction of sp³-hybridized carbons (Fsp3) is 0.300. The molecular formula is C10H8Cl2F2O. The molecule has 0 aromatic heterocycles. The van der Waals surface area contributed by atoms with E-state index in [1.54, 1.807) is 12.1 Å². The molecular weight excluding hydrogens is 245 g/mol. The van der Waals surface area contributed by atoms with Gasteiger partial charge in [-0.2, -0.15) is 8.78 Å². The van der Waals surface area contributed by atoms with E-state index in [0.29, 0.717) is 10.6 Å². The Balaban J connectivity index is 2.62. The Labute approximate surface area is 96.0 Å². The molecule has 0 radical (unpaired) electrons. The molecule has 0 amide bonds. The summed E-state index contributed by atoms with van der Waals surface area (Å²) in [5.74, 6) is -0.391. The molecule has 0 fully saturated rings. The van der Waals surface area contributed by atoms with Crippen molar-refractivity contribution in [3.05, 3.63) is 34.9 Å². The first kappa shape index (κ1) is 12.4. The molecule has 0 spiro atoms. The molecule has 15 heavy (non-hydrogen) atoms. The third kappa shape index (κ3) is 4.58. The Bertz CT molecular complexity index is 361. The van der Waals surface area contributed by atoms with Crippen molar-refractivity contribution in [3.63, 3.8) is 0 Å². The van der Waals surface area contributed by atoms with Crippen LogP contribution in [0.1, 0.15) is 23.2 Å². The van der Waals surface area contributed by atoms with Gasteiger partial charge in [0.25, 0.3) is 0 Å². The van der Waals surface area contributed by atoms with Gasteiger partial charge >= 0.3 is 5.38 Å². The quantitative estimate of drug-likeness (QED) is 0.582. The molecule has 0 aliphatic rings. The van der Waals surface area contributed by atoms with Gasteiger partial charge in [0, 0.05) is 23.4 Å². The van der Waals surface area contributed by atoms with Crippen LogP contribution in [-0.4, -0.2) is 11.2 Å². The van der Waals surface area contributed by atoms with Crippen LogP contribution in [0.15, 0.2) is 24.3 Å². The predicted molar refractivity (Wildman–Crippen MR) is 55.8 cm³/mol. The van der Waals surface area contributed by atoms with Gasteiger partial charge in [0.05, 0.1) is 0 Å². The first-order valence-electron chi connectivity index (χ1n) is 4.24. The second kappa shape index (κ2) is 4.90. The lowest BCUT2D eigenvalue weighted by Crippen LogP contribution is -2.09. The molecule has 0 N–H and O–H groups in total. The van der Waals surface area contributed by atoms with Gasteiger partial charge in [-0.3, -0.25) is 4.79 Å². The number of carbonyl (C=O) groups excluding carboxylic acids is 1. The van der Waals surface area contributed by atoms with Crippen molar-refractivity contribution in [2.75, 3.05) is 0 Å². The zero-order valence-electron chi connectivity index (χ0n) is 7.64. The third-order valence-electron chi connectivity index (χ3n) is 1.78. The van der Waals surface area contributed by atoms with E-state index in [-0.39, 0.29) is 6.42 Å². The second-order valence-electron chi connectivity index (χ2n) is 3.05. The van der Waals surface area contributed by atoms with Crippen LogP contribution in [0, 0.1) is 0 Å². The number of hydrogen-bond acceptors (Lipinski definition) is 1. The molecule has 0 unspecified atom stereocenters. The van der Waals surface area contributed by atoms with Gasteiger partial charge in [-0.15, -0.1) is 0 Å². The van der Waals surface area contributed by atoms with Gasteiger partial charge in [-0.1, -0.05) is 23.7 Å². The van der Waals surface area contributed by atoms with E-state index < -0.39 is 17.6 Å². The Morgan fingerprint density at radius 2 is 2.07 bits per heavy atom. The van der Waals surface area contributed by atoms with Crippen LogP contribution in [0.3, 0.4) is 0 Å². The van der Waals surface area contributed by atoms with Gasteiger partial charge in [-0.25, -0.2) is 0 Å². The van der Waals surface area contributed by atoms with Gasteiger partial charge < -0.3 is 0 Å². The number of rotatable bonds is 4. The standard InChI is InChI=1S/C10H8Cl2F2O/c11-8-3-1-2-7(6-8)9(15)4-5-10(12,13)14/h1-3,6H,4-5H2. The molecule has 1 aromatic carbocycles. The molecule has 0 bridgehead atoms. The van der Waals surface area contributed by atoms with Crippen LogP contribution >= 0.6 is 23.2 Å². The van der Waals surface area contributed by atoms with Crippen molar-refractivity contribution in [2.45, 2.75) is 18.2 Å². The van der Waals surface area contributed by atoms with Crippen molar-refractivity contribution >= 4 is 29.0 Å². The van der Waals surface area contributed by atoms with Crippen molar-refractivity contribution in [3.8, 4) is 0 Å².